The van der Waals surface area contributed by atoms with E-state index in [4.69, 9.17) is 11.6 Å². The van der Waals surface area contributed by atoms with Crippen LogP contribution in [0.2, 0.25) is 5.02 Å². The zero-order valence-corrected chi connectivity index (χ0v) is 13.7. The standard InChI is InChI=1S/C15H12ClFINO/c1-19(9-11-4-2-3-5-13(11)17)15(20)10-6-7-12(16)14(18)8-10/h2-8H,9H2,1H3. The third-order valence-corrected chi connectivity index (χ3v) is 4.42. The van der Waals surface area contributed by atoms with E-state index < -0.39 is 0 Å². The second kappa shape index (κ2) is 6.54. The van der Waals surface area contributed by atoms with Crippen molar-refractivity contribution in [2.24, 2.45) is 0 Å². The number of benzene rings is 2. The first-order valence-electron chi connectivity index (χ1n) is 5.93. The lowest BCUT2D eigenvalue weighted by atomic mass is 10.1. The zero-order chi connectivity index (χ0) is 14.7. The van der Waals surface area contributed by atoms with Crippen molar-refractivity contribution in [1.82, 2.24) is 4.90 Å². The van der Waals surface area contributed by atoms with Crippen molar-refractivity contribution >= 4 is 40.1 Å². The summed E-state index contributed by atoms with van der Waals surface area (Å²) in [5.74, 6) is -0.472. The van der Waals surface area contributed by atoms with Gasteiger partial charge in [0.2, 0.25) is 0 Å². The molecule has 0 heterocycles. The summed E-state index contributed by atoms with van der Waals surface area (Å²) >= 11 is 8.01. The van der Waals surface area contributed by atoms with Crippen LogP contribution in [0, 0.1) is 9.39 Å². The van der Waals surface area contributed by atoms with Gasteiger partial charge < -0.3 is 4.90 Å². The number of hydrogen-bond acceptors (Lipinski definition) is 1. The molecule has 0 bridgehead atoms. The lowest BCUT2D eigenvalue weighted by Gasteiger charge is -2.18. The van der Waals surface area contributed by atoms with Crippen molar-refractivity contribution in [3.8, 4) is 0 Å². The fourth-order valence-corrected chi connectivity index (χ4v) is 2.44. The van der Waals surface area contributed by atoms with Crippen molar-refractivity contribution < 1.29 is 9.18 Å². The molecule has 20 heavy (non-hydrogen) atoms. The lowest BCUT2D eigenvalue weighted by molar-refractivity contribution is 0.0784. The molecule has 2 aromatic carbocycles. The SMILES string of the molecule is CN(Cc1ccccc1F)C(=O)c1ccc(Cl)c(I)c1. The second-order valence-corrected chi connectivity index (χ2v) is 5.95. The molecule has 0 radical (unpaired) electrons. The highest BCUT2D eigenvalue weighted by atomic mass is 127. The van der Waals surface area contributed by atoms with Gasteiger partial charge in [-0.25, -0.2) is 4.39 Å². The van der Waals surface area contributed by atoms with E-state index in [1.807, 2.05) is 0 Å². The molecule has 104 valence electrons. The predicted molar refractivity (Wildman–Crippen MR) is 86.4 cm³/mol. The molecule has 5 heteroatoms. The molecule has 0 saturated carbocycles. The summed E-state index contributed by atoms with van der Waals surface area (Å²) in [5.41, 5.74) is 1.03. The number of rotatable bonds is 3. The highest BCUT2D eigenvalue weighted by Crippen LogP contribution is 2.20. The first-order valence-corrected chi connectivity index (χ1v) is 7.38. The van der Waals surface area contributed by atoms with Gasteiger partial charge in [-0.1, -0.05) is 29.8 Å². The Kier molecular flexibility index (Phi) is 4.99. The van der Waals surface area contributed by atoms with Crippen LogP contribution in [-0.2, 0) is 6.54 Å². The van der Waals surface area contributed by atoms with Crippen LogP contribution in [0.15, 0.2) is 42.5 Å². The van der Waals surface area contributed by atoms with Crippen molar-refractivity contribution in [2.75, 3.05) is 7.05 Å². The maximum atomic E-state index is 13.6. The minimum absolute atomic E-state index is 0.164. The Morgan fingerprint density at radius 3 is 2.65 bits per heavy atom. The van der Waals surface area contributed by atoms with E-state index in [0.717, 1.165) is 3.57 Å². The van der Waals surface area contributed by atoms with Crippen molar-refractivity contribution in [3.63, 3.8) is 0 Å². The summed E-state index contributed by atoms with van der Waals surface area (Å²) in [5, 5.41) is 0.610. The van der Waals surface area contributed by atoms with E-state index in [9.17, 15) is 9.18 Å². The molecule has 2 rings (SSSR count). The molecule has 0 spiro atoms. The van der Waals surface area contributed by atoms with E-state index in [0.29, 0.717) is 16.1 Å². The Hall–Kier alpha value is -1.14. The smallest absolute Gasteiger partial charge is 0.253 e. The minimum Gasteiger partial charge on any atom is -0.337 e. The van der Waals surface area contributed by atoms with E-state index in [2.05, 4.69) is 22.6 Å². The highest BCUT2D eigenvalue weighted by molar-refractivity contribution is 14.1. The summed E-state index contributed by atoms with van der Waals surface area (Å²) in [6.07, 6.45) is 0. The summed E-state index contributed by atoms with van der Waals surface area (Å²) in [4.78, 5) is 13.8. The molecule has 0 aliphatic carbocycles. The Morgan fingerprint density at radius 1 is 1.30 bits per heavy atom. The number of carbonyl (C=O) groups excluding carboxylic acids is 1. The normalized spacial score (nSPS) is 10.4. The molecule has 0 aliphatic rings. The largest absolute Gasteiger partial charge is 0.337 e. The van der Waals surface area contributed by atoms with Crippen molar-refractivity contribution in [1.29, 1.82) is 0 Å². The predicted octanol–water partition coefficient (Wildman–Crippen LogP) is 4.36. The number of nitrogens with zero attached hydrogens (tertiary/aromatic N) is 1. The average Bonchev–Trinajstić information content (AvgIpc) is 2.43. The Labute approximate surface area is 135 Å². The number of hydrogen-bond donors (Lipinski definition) is 0. The number of halogens is 3. The van der Waals surface area contributed by atoms with Gasteiger partial charge in [0, 0.05) is 28.3 Å². The van der Waals surface area contributed by atoms with Crippen LogP contribution in [0.3, 0.4) is 0 Å². The van der Waals surface area contributed by atoms with Gasteiger partial charge in [-0.2, -0.15) is 0 Å². The van der Waals surface area contributed by atoms with Crippen LogP contribution in [0.5, 0.6) is 0 Å². The summed E-state index contributed by atoms with van der Waals surface area (Å²) in [7, 11) is 1.65. The van der Waals surface area contributed by atoms with Crippen molar-refractivity contribution in [3.05, 3.63) is 68.0 Å². The van der Waals surface area contributed by atoms with Crippen LogP contribution in [0.25, 0.3) is 0 Å². The van der Waals surface area contributed by atoms with Gasteiger partial charge in [0.25, 0.3) is 5.91 Å². The molecule has 2 aromatic rings. The van der Waals surface area contributed by atoms with Gasteiger partial charge in [0.05, 0.1) is 5.02 Å². The monoisotopic (exact) mass is 403 g/mol. The van der Waals surface area contributed by atoms with E-state index in [1.54, 1.807) is 43.4 Å². The van der Waals surface area contributed by atoms with E-state index >= 15 is 0 Å². The van der Waals surface area contributed by atoms with E-state index in [1.165, 1.54) is 11.0 Å². The highest BCUT2D eigenvalue weighted by Gasteiger charge is 2.14. The summed E-state index contributed by atoms with van der Waals surface area (Å²) in [6, 6.07) is 11.5. The fourth-order valence-electron chi connectivity index (χ4n) is 1.80. The topological polar surface area (TPSA) is 20.3 Å². The van der Waals surface area contributed by atoms with Crippen LogP contribution in [-0.4, -0.2) is 17.9 Å². The van der Waals surface area contributed by atoms with Gasteiger partial charge in [-0.3, -0.25) is 4.79 Å². The maximum absolute atomic E-state index is 13.6. The summed E-state index contributed by atoms with van der Waals surface area (Å²) < 4.78 is 14.4. The van der Waals surface area contributed by atoms with Gasteiger partial charge >= 0.3 is 0 Å². The third-order valence-electron chi connectivity index (χ3n) is 2.88. The fraction of sp³-hybridized carbons (Fsp3) is 0.133. The quantitative estimate of drug-likeness (QED) is 0.698. The molecular weight excluding hydrogens is 392 g/mol. The second-order valence-electron chi connectivity index (χ2n) is 4.38. The van der Waals surface area contributed by atoms with Crippen LogP contribution in [0.4, 0.5) is 4.39 Å². The molecule has 2 nitrogen and oxygen atoms in total. The number of amides is 1. The first-order chi connectivity index (χ1) is 9.49. The van der Waals surface area contributed by atoms with Gasteiger partial charge in [-0.05, 0) is 46.9 Å². The molecule has 1 amide bonds. The lowest BCUT2D eigenvalue weighted by Crippen LogP contribution is -2.26. The Bertz CT molecular complexity index is 648. The molecule has 0 aliphatic heterocycles. The van der Waals surface area contributed by atoms with E-state index in [-0.39, 0.29) is 18.3 Å². The maximum Gasteiger partial charge on any atom is 0.253 e. The molecule has 0 N–H and O–H groups in total. The minimum atomic E-state index is -0.308. The molecule has 0 unspecified atom stereocenters. The van der Waals surface area contributed by atoms with Crippen molar-refractivity contribution in [2.45, 2.75) is 6.54 Å². The zero-order valence-electron chi connectivity index (χ0n) is 10.7. The van der Waals surface area contributed by atoms with Gasteiger partial charge in [-0.15, -0.1) is 0 Å². The Balaban J connectivity index is 2.16. The first kappa shape index (κ1) is 15.3. The molecule has 0 aromatic heterocycles. The average molecular weight is 404 g/mol. The molecule has 0 atom stereocenters. The molecule has 0 fully saturated rings. The number of carbonyl (C=O) groups is 1. The van der Waals surface area contributed by atoms with Gasteiger partial charge in [0.1, 0.15) is 5.82 Å². The van der Waals surface area contributed by atoms with Gasteiger partial charge in [0.15, 0.2) is 0 Å². The van der Waals surface area contributed by atoms with Crippen LogP contribution in [0.1, 0.15) is 15.9 Å². The summed E-state index contributed by atoms with van der Waals surface area (Å²) in [6.45, 7) is 0.227. The third kappa shape index (κ3) is 3.49. The van der Waals surface area contributed by atoms with Crippen LogP contribution >= 0.6 is 34.2 Å². The molecule has 0 saturated heterocycles. The van der Waals surface area contributed by atoms with Crippen LogP contribution < -0.4 is 0 Å². The Morgan fingerprint density at radius 2 is 2.00 bits per heavy atom. The molecular formula is C15H12ClFINO.